The van der Waals surface area contributed by atoms with Crippen LogP contribution in [0.3, 0.4) is 0 Å². The largest absolute Gasteiger partial charge is 0.495 e. The zero-order valence-corrected chi connectivity index (χ0v) is 10.2. The van der Waals surface area contributed by atoms with Crippen LogP contribution in [-0.4, -0.2) is 16.7 Å². The van der Waals surface area contributed by atoms with Crippen molar-refractivity contribution in [3.05, 3.63) is 36.4 Å². The van der Waals surface area contributed by atoms with E-state index < -0.39 is 0 Å². The van der Waals surface area contributed by atoms with Gasteiger partial charge >= 0.3 is 0 Å². The van der Waals surface area contributed by atoms with Crippen molar-refractivity contribution in [3.63, 3.8) is 0 Å². The minimum absolute atomic E-state index is 0.640. The first-order valence-electron chi connectivity index (χ1n) is 5.71. The van der Waals surface area contributed by atoms with Crippen LogP contribution in [0.25, 0.3) is 5.69 Å². The molecule has 0 bridgehead atoms. The molecule has 17 heavy (non-hydrogen) atoms. The van der Waals surface area contributed by atoms with Gasteiger partial charge in [0, 0.05) is 17.6 Å². The molecular weight excluding hydrogens is 214 g/mol. The first-order chi connectivity index (χ1) is 8.26. The number of anilines is 1. The number of hydrogen-bond donors (Lipinski definition) is 1. The summed E-state index contributed by atoms with van der Waals surface area (Å²) in [6.45, 7) is 2.15. The predicted octanol–water partition coefficient (Wildman–Crippen LogP) is 2.42. The van der Waals surface area contributed by atoms with Gasteiger partial charge in [0.05, 0.1) is 19.1 Å². The summed E-state index contributed by atoms with van der Waals surface area (Å²) in [6.07, 6.45) is 5.80. The Morgan fingerprint density at radius 1 is 1.41 bits per heavy atom. The van der Waals surface area contributed by atoms with Gasteiger partial charge in [-0.2, -0.15) is 0 Å². The third-order valence-electron chi connectivity index (χ3n) is 2.71. The number of nitrogens with zero attached hydrogens (tertiary/aromatic N) is 2. The molecule has 90 valence electrons. The van der Waals surface area contributed by atoms with Crippen molar-refractivity contribution in [1.29, 1.82) is 0 Å². The van der Waals surface area contributed by atoms with Gasteiger partial charge in [-0.05, 0) is 24.6 Å². The highest BCUT2D eigenvalue weighted by Crippen LogP contribution is 2.24. The Hall–Kier alpha value is -1.97. The number of aromatic nitrogens is 2. The smallest absolute Gasteiger partial charge is 0.141 e. The van der Waals surface area contributed by atoms with E-state index in [9.17, 15) is 0 Å². The van der Waals surface area contributed by atoms with Gasteiger partial charge in [0.2, 0.25) is 0 Å². The van der Waals surface area contributed by atoms with E-state index in [2.05, 4.69) is 16.5 Å². The van der Waals surface area contributed by atoms with Crippen LogP contribution in [0.15, 0.2) is 30.7 Å². The zero-order chi connectivity index (χ0) is 12.3. The molecule has 0 aliphatic rings. The number of ether oxygens (including phenoxy) is 1. The van der Waals surface area contributed by atoms with Crippen molar-refractivity contribution >= 4 is 5.69 Å². The summed E-state index contributed by atoms with van der Waals surface area (Å²) < 4.78 is 7.20. The van der Waals surface area contributed by atoms with Crippen molar-refractivity contribution in [3.8, 4) is 11.4 Å². The van der Waals surface area contributed by atoms with E-state index in [1.165, 1.54) is 5.69 Å². The molecule has 2 rings (SSSR count). The van der Waals surface area contributed by atoms with E-state index in [1.54, 1.807) is 7.11 Å². The molecule has 4 nitrogen and oxygen atoms in total. The second-order valence-corrected chi connectivity index (χ2v) is 3.93. The molecule has 2 aromatic rings. The highest BCUT2D eigenvalue weighted by Gasteiger charge is 2.06. The van der Waals surface area contributed by atoms with Crippen LogP contribution in [0.2, 0.25) is 0 Å². The van der Waals surface area contributed by atoms with Crippen LogP contribution in [-0.2, 0) is 6.42 Å². The maximum absolute atomic E-state index is 5.90. The molecule has 0 unspecified atom stereocenters. The molecule has 0 radical (unpaired) electrons. The summed E-state index contributed by atoms with van der Waals surface area (Å²) >= 11 is 0. The molecule has 0 fully saturated rings. The van der Waals surface area contributed by atoms with Gasteiger partial charge in [-0.25, -0.2) is 4.98 Å². The predicted molar refractivity (Wildman–Crippen MR) is 68.5 cm³/mol. The molecular formula is C13H17N3O. The third kappa shape index (κ3) is 2.25. The summed E-state index contributed by atoms with van der Waals surface area (Å²) in [5, 5.41) is 0. The molecule has 0 saturated carbocycles. The Balaban J connectivity index is 2.39. The van der Waals surface area contributed by atoms with E-state index in [4.69, 9.17) is 10.5 Å². The molecule has 0 amide bonds. The lowest BCUT2D eigenvalue weighted by molar-refractivity contribution is 0.417. The lowest BCUT2D eigenvalue weighted by atomic mass is 10.2. The monoisotopic (exact) mass is 231 g/mol. The van der Waals surface area contributed by atoms with Gasteiger partial charge < -0.3 is 15.0 Å². The highest BCUT2D eigenvalue weighted by atomic mass is 16.5. The van der Waals surface area contributed by atoms with E-state index in [0.29, 0.717) is 11.4 Å². The minimum Gasteiger partial charge on any atom is -0.495 e. The van der Waals surface area contributed by atoms with Crippen LogP contribution in [0.1, 0.15) is 19.0 Å². The second kappa shape index (κ2) is 4.91. The minimum atomic E-state index is 0.640. The number of aryl methyl sites for hydroxylation is 1. The van der Waals surface area contributed by atoms with Crippen molar-refractivity contribution in [1.82, 2.24) is 9.55 Å². The van der Waals surface area contributed by atoms with Crippen molar-refractivity contribution in [2.45, 2.75) is 19.8 Å². The van der Waals surface area contributed by atoms with Gasteiger partial charge in [0.15, 0.2) is 0 Å². The standard InChI is InChI=1S/C13H17N3O/c1-3-4-11-8-15-9-16(11)10-5-6-13(17-2)12(14)7-10/h5-9H,3-4,14H2,1-2H3. The first kappa shape index (κ1) is 11.5. The summed E-state index contributed by atoms with van der Waals surface area (Å²) in [7, 11) is 1.62. The zero-order valence-electron chi connectivity index (χ0n) is 10.2. The normalized spacial score (nSPS) is 10.5. The lowest BCUT2D eigenvalue weighted by Crippen LogP contribution is -2.00. The van der Waals surface area contributed by atoms with Gasteiger partial charge in [0.1, 0.15) is 5.75 Å². The maximum atomic E-state index is 5.90. The summed E-state index contributed by atoms with van der Waals surface area (Å²) in [5.74, 6) is 0.700. The molecule has 2 N–H and O–H groups in total. The van der Waals surface area contributed by atoms with Crippen LogP contribution < -0.4 is 10.5 Å². The fraction of sp³-hybridized carbons (Fsp3) is 0.308. The molecule has 1 aromatic heterocycles. The molecule has 1 aromatic carbocycles. The van der Waals surface area contributed by atoms with Gasteiger partial charge in [-0.3, -0.25) is 0 Å². The fourth-order valence-corrected chi connectivity index (χ4v) is 1.87. The number of hydrogen-bond acceptors (Lipinski definition) is 3. The Morgan fingerprint density at radius 3 is 2.88 bits per heavy atom. The Morgan fingerprint density at radius 2 is 2.24 bits per heavy atom. The van der Waals surface area contributed by atoms with Gasteiger partial charge in [0.25, 0.3) is 0 Å². The first-order valence-corrected chi connectivity index (χ1v) is 5.71. The average molecular weight is 231 g/mol. The molecule has 0 atom stereocenters. The van der Waals surface area contributed by atoms with E-state index in [1.807, 2.05) is 30.7 Å². The highest BCUT2D eigenvalue weighted by molar-refractivity contribution is 5.58. The maximum Gasteiger partial charge on any atom is 0.141 e. The number of imidazole rings is 1. The van der Waals surface area contributed by atoms with Gasteiger partial charge in [-0.15, -0.1) is 0 Å². The molecule has 0 aliphatic carbocycles. The topological polar surface area (TPSA) is 53.1 Å². The van der Waals surface area contributed by atoms with E-state index in [0.717, 1.165) is 18.5 Å². The number of benzene rings is 1. The van der Waals surface area contributed by atoms with Crippen molar-refractivity contribution in [2.75, 3.05) is 12.8 Å². The second-order valence-electron chi connectivity index (χ2n) is 3.93. The lowest BCUT2D eigenvalue weighted by Gasteiger charge is -2.10. The third-order valence-corrected chi connectivity index (χ3v) is 2.71. The summed E-state index contributed by atoms with van der Waals surface area (Å²) in [4.78, 5) is 4.18. The van der Waals surface area contributed by atoms with Crippen molar-refractivity contribution in [2.24, 2.45) is 0 Å². The summed E-state index contributed by atoms with van der Waals surface area (Å²) in [6, 6.07) is 5.76. The van der Waals surface area contributed by atoms with E-state index >= 15 is 0 Å². The Labute approximate surface area is 101 Å². The number of nitrogens with two attached hydrogens (primary N) is 1. The van der Waals surface area contributed by atoms with Crippen LogP contribution in [0, 0.1) is 0 Å². The SMILES string of the molecule is CCCc1cncn1-c1ccc(OC)c(N)c1. The quantitative estimate of drug-likeness (QED) is 0.822. The van der Waals surface area contributed by atoms with E-state index in [-0.39, 0.29) is 0 Å². The van der Waals surface area contributed by atoms with Crippen LogP contribution in [0.4, 0.5) is 5.69 Å². The molecule has 4 heteroatoms. The van der Waals surface area contributed by atoms with Crippen molar-refractivity contribution < 1.29 is 4.74 Å². The van der Waals surface area contributed by atoms with Gasteiger partial charge in [-0.1, -0.05) is 13.3 Å². The summed E-state index contributed by atoms with van der Waals surface area (Å²) in [5.41, 5.74) is 8.75. The molecule has 0 aliphatic heterocycles. The molecule has 0 spiro atoms. The number of methoxy groups -OCH3 is 1. The van der Waals surface area contributed by atoms with Crippen LogP contribution >= 0.6 is 0 Å². The Kier molecular flexibility index (Phi) is 3.32. The molecule has 1 heterocycles. The van der Waals surface area contributed by atoms with Crippen LogP contribution in [0.5, 0.6) is 5.75 Å². The number of rotatable bonds is 4. The number of nitrogen functional groups attached to an aromatic ring is 1. The average Bonchev–Trinajstić information content (AvgIpc) is 2.78. The Bertz CT molecular complexity index is 505. The molecule has 0 saturated heterocycles. The fourth-order valence-electron chi connectivity index (χ4n) is 1.87.